The normalized spacial score (nSPS) is 10.9. The van der Waals surface area contributed by atoms with Crippen molar-refractivity contribution in [3.05, 3.63) is 63.7 Å². The number of benzene rings is 2. The van der Waals surface area contributed by atoms with Crippen molar-refractivity contribution in [2.24, 2.45) is 0 Å². The molecule has 0 bridgehead atoms. The third kappa shape index (κ3) is 4.05. The van der Waals surface area contributed by atoms with E-state index >= 15 is 0 Å². The highest BCUT2D eigenvalue weighted by Gasteiger charge is 2.17. The van der Waals surface area contributed by atoms with Gasteiger partial charge < -0.3 is 4.90 Å². The lowest BCUT2D eigenvalue weighted by Crippen LogP contribution is -2.11. The molecule has 22 heavy (non-hydrogen) atoms. The second-order valence-corrected chi connectivity index (χ2v) is 6.22. The molecule has 116 valence electrons. The molecule has 0 unspecified atom stereocenters. The van der Waals surface area contributed by atoms with Gasteiger partial charge in [0.05, 0.1) is 9.82 Å². The van der Waals surface area contributed by atoms with Crippen molar-refractivity contribution in [1.29, 1.82) is 0 Å². The van der Waals surface area contributed by atoms with E-state index in [4.69, 9.17) is 0 Å². The van der Waals surface area contributed by atoms with E-state index in [9.17, 15) is 14.5 Å². The average Bonchev–Trinajstić information content (AvgIpc) is 2.49. The summed E-state index contributed by atoms with van der Waals surface area (Å²) in [6, 6.07) is 12.3. The van der Waals surface area contributed by atoms with E-state index in [2.05, 4.69) is 0 Å². The summed E-state index contributed by atoms with van der Waals surface area (Å²) in [5.41, 5.74) is 1.36. The molecule has 0 saturated carbocycles. The topological polar surface area (TPSA) is 46.4 Å². The number of nitrogens with zero attached hydrogens (tertiary/aromatic N) is 2. The first kappa shape index (κ1) is 16.5. The van der Waals surface area contributed by atoms with Crippen molar-refractivity contribution in [3.8, 4) is 0 Å². The van der Waals surface area contributed by atoms with Crippen LogP contribution in [0.4, 0.5) is 10.1 Å². The van der Waals surface area contributed by atoms with Crippen LogP contribution in [0, 0.1) is 10.1 Å². The van der Waals surface area contributed by atoms with Crippen LogP contribution in [0.15, 0.2) is 52.3 Å². The second kappa shape index (κ2) is 7.38. The molecular formula is C16H17FN2O2S. The Hall–Kier alpha value is -1.92. The maximum absolute atomic E-state index is 12.7. The summed E-state index contributed by atoms with van der Waals surface area (Å²) in [6.07, 6.45) is 0. The minimum Gasteiger partial charge on any atom is -0.305 e. The van der Waals surface area contributed by atoms with E-state index in [1.54, 1.807) is 12.1 Å². The first-order valence-electron chi connectivity index (χ1n) is 6.75. The molecule has 0 atom stereocenters. The minimum absolute atomic E-state index is 0.0557. The Morgan fingerprint density at radius 1 is 1.18 bits per heavy atom. The molecule has 0 aromatic heterocycles. The molecule has 6 heteroatoms. The molecule has 0 spiro atoms. The maximum Gasteiger partial charge on any atom is 0.283 e. The van der Waals surface area contributed by atoms with E-state index in [0.29, 0.717) is 10.5 Å². The van der Waals surface area contributed by atoms with Crippen LogP contribution in [-0.4, -0.2) is 23.9 Å². The summed E-state index contributed by atoms with van der Waals surface area (Å²) < 4.78 is 12.7. The van der Waals surface area contributed by atoms with E-state index in [1.165, 1.54) is 17.8 Å². The fourth-order valence-corrected chi connectivity index (χ4v) is 3.09. The first-order valence-corrected chi connectivity index (χ1v) is 7.56. The third-order valence-corrected chi connectivity index (χ3v) is 4.24. The quantitative estimate of drug-likeness (QED) is 0.589. The van der Waals surface area contributed by atoms with Crippen LogP contribution in [0.1, 0.15) is 11.1 Å². The number of nitro benzene ring substituents is 1. The zero-order valence-electron chi connectivity index (χ0n) is 12.5. The molecule has 0 heterocycles. The van der Waals surface area contributed by atoms with E-state index in [-0.39, 0.29) is 5.69 Å². The van der Waals surface area contributed by atoms with Crippen LogP contribution in [0.5, 0.6) is 0 Å². The van der Waals surface area contributed by atoms with Crippen molar-refractivity contribution >= 4 is 17.4 Å². The van der Waals surface area contributed by atoms with Crippen LogP contribution in [0.3, 0.4) is 0 Å². The predicted molar refractivity (Wildman–Crippen MR) is 85.9 cm³/mol. The zero-order chi connectivity index (χ0) is 16.1. The molecular weight excluding hydrogens is 302 g/mol. The number of hydrogen-bond acceptors (Lipinski definition) is 4. The van der Waals surface area contributed by atoms with Gasteiger partial charge in [-0.15, -0.1) is 0 Å². The molecule has 0 aliphatic carbocycles. The predicted octanol–water partition coefficient (Wildman–Crippen LogP) is 4.28. The molecule has 0 saturated heterocycles. The van der Waals surface area contributed by atoms with Crippen LogP contribution in [0.25, 0.3) is 0 Å². The third-order valence-electron chi connectivity index (χ3n) is 3.05. The molecule has 0 aliphatic heterocycles. The minimum atomic E-state index is -0.705. The zero-order valence-corrected chi connectivity index (χ0v) is 13.3. The Kier molecular flexibility index (Phi) is 5.51. The Balaban J connectivity index is 2.37. The highest BCUT2D eigenvalue weighted by Crippen LogP contribution is 2.37. The summed E-state index contributed by atoms with van der Waals surface area (Å²) in [6.45, 7) is 0.0442. The molecule has 0 fully saturated rings. The Morgan fingerprint density at radius 2 is 1.91 bits per heavy atom. The van der Waals surface area contributed by atoms with E-state index in [0.717, 1.165) is 17.0 Å². The lowest BCUT2D eigenvalue weighted by molar-refractivity contribution is -0.387. The highest BCUT2D eigenvalue weighted by atomic mass is 32.2. The molecule has 4 nitrogen and oxygen atoms in total. The number of hydrogen-bond donors (Lipinski definition) is 0. The Morgan fingerprint density at radius 3 is 2.55 bits per heavy atom. The van der Waals surface area contributed by atoms with E-state index in [1.807, 2.05) is 43.3 Å². The van der Waals surface area contributed by atoms with Crippen molar-refractivity contribution in [2.75, 3.05) is 14.1 Å². The summed E-state index contributed by atoms with van der Waals surface area (Å²) in [5, 5.41) is 11.2. The number of nitro groups is 1. The van der Waals surface area contributed by atoms with Gasteiger partial charge in [-0.3, -0.25) is 10.1 Å². The Bertz CT molecular complexity index is 677. The van der Waals surface area contributed by atoms with Gasteiger partial charge in [0.15, 0.2) is 0 Å². The lowest BCUT2D eigenvalue weighted by atomic mass is 10.2. The molecule has 0 radical (unpaired) electrons. The Labute approximate surface area is 133 Å². The number of rotatable bonds is 6. The van der Waals surface area contributed by atoms with Crippen LogP contribution in [-0.2, 0) is 13.2 Å². The highest BCUT2D eigenvalue weighted by molar-refractivity contribution is 7.99. The van der Waals surface area contributed by atoms with Crippen molar-refractivity contribution in [1.82, 2.24) is 4.90 Å². The molecule has 0 N–H and O–H groups in total. The van der Waals surface area contributed by atoms with Gasteiger partial charge in [0.2, 0.25) is 0 Å². The summed E-state index contributed by atoms with van der Waals surface area (Å²) in [7, 11) is 3.94. The SMILES string of the molecule is CN(C)Cc1ccccc1Sc1ccc(C[18F])cc1[N+](=O)[O-]. The van der Waals surface area contributed by atoms with Crippen LogP contribution in [0.2, 0.25) is 0 Å². The van der Waals surface area contributed by atoms with Gasteiger partial charge in [0.1, 0.15) is 6.67 Å². The fraction of sp³-hybridized carbons (Fsp3) is 0.250. The van der Waals surface area contributed by atoms with Crippen molar-refractivity contribution in [3.63, 3.8) is 0 Å². The van der Waals surface area contributed by atoms with Gasteiger partial charge in [-0.2, -0.15) is 0 Å². The van der Waals surface area contributed by atoms with Gasteiger partial charge in [0.25, 0.3) is 5.69 Å². The largest absolute Gasteiger partial charge is 0.305 e. The molecule has 2 rings (SSSR count). The van der Waals surface area contributed by atoms with Gasteiger partial charge in [-0.25, -0.2) is 4.39 Å². The second-order valence-electron chi connectivity index (χ2n) is 5.14. The van der Waals surface area contributed by atoms with E-state index < -0.39 is 11.6 Å². The lowest BCUT2D eigenvalue weighted by Gasteiger charge is -2.14. The monoisotopic (exact) mass is 319 g/mol. The van der Waals surface area contributed by atoms with Crippen molar-refractivity contribution in [2.45, 2.75) is 23.0 Å². The maximum atomic E-state index is 12.7. The molecule has 0 amide bonds. The summed E-state index contributed by atoms with van der Waals surface area (Å²) in [4.78, 5) is 14.3. The molecule has 2 aromatic rings. The van der Waals surface area contributed by atoms with Gasteiger partial charge in [-0.1, -0.05) is 36.0 Å². The number of halogens is 1. The standard InChI is InChI=1S/C16H17FN2O2S/c1-18(2)11-13-5-3-4-6-15(13)22-16-8-7-12(10-17)9-14(16)19(20)21/h3-9H,10-11H2,1-2H3/i17-1. The first-order chi connectivity index (χ1) is 10.5. The van der Waals surface area contributed by atoms with Gasteiger partial charge in [-0.05, 0) is 37.4 Å². The molecule has 0 aliphatic rings. The summed E-state index contributed by atoms with van der Waals surface area (Å²) >= 11 is 1.34. The van der Waals surface area contributed by atoms with Crippen LogP contribution >= 0.6 is 11.8 Å². The average molecular weight is 319 g/mol. The fourth-order valence-electron chi connectivity index (χ4n) is 2.07. The summed E-state index contributed by atoms with van der Waals surface area (Å²) in [5.74, 6) is 0. The van der Waals surface area contributed by atoms with Crippen molar-refractivity contribution < 1.29 is 9.31 Å². The van der Waals surface area contributed by atoms with Gasteiger partial charge >= 0.3 is 0 Å². The van der Waals surface area contributed by atoms with Crippen LogP contribution < -0.4 is 0 Å². The smallest absolute Gasteiger partial charge is 0.283 e. The number of alkyl halides is 1. The molecule has 2 aromatic carbocycles. The van der Waals surface area contributed by atoms with Gasteiger partial charge in [0, 0.05) is 17.5 Å².